The second-order valence-electron chi connectivity index (χ2n) is 8.38. The van der Waals surface area contributed by atoms with Gasteiger partial charge in [-0.05, 0) is 67.2 Å². The average Bonchev–Trinajstić information content (AvgIpc) is 2.62. The fourth-order valence-corrected chi connectivity index (χ4v) is 3.61. The molecular weight excluding hydrogens is 360 g/mol. The molecule has 0 saturated carbocycles. The number of aromatic nitrogens is 2. The van der Waals surface area contributed by atoms with Crippen LogP contribution in [0.15, 0.2) is 18.2 Å². The quantitative estimate of drug-likeness (QED) is 0.569. The Balaban J connectivity index is 2.12. The SMILES string of the molecule is Cc1cc(NCCN(C)C)c2cc3c(NCCN(C)C)cc(C)nc3c(C)c2n1. The molecule has 3 rings (SSSR count). The third kappa shape index (κ3) is 4.95. The summed E-state index contributed by atoms with van der Waals surface area (Å²) in [7, 11) is 8.37. The van der Waals surface area contributed by atoms with E-state index in [0.29, 0.717) is 0 Å². The van der Waals surface area contributed by atoms with E-state index in [1.807, 2.05) is 0 Å². The van der Waals surface area contributed by atoms with Crippen molar-refractivity contribution < 1.29 is 0 Å². The van der Waals surface area contributed by atoms with Gasteiger partial charge in [0.05, 0.1) is 11.0 Å². The van der Waals surface area contributed by atoms with Gasteiger partial charge in [-0.25, -0.2) is 0 Å². The summed E-state index contributed by atoms with van der Waals surface area (Å²) in [5.74, 6) is 0. The lowest BCUT2D eigenvalue weighted by atomic mass is 10.0. The van der Waals surface area contributed by atoms with Crippen molar-refractivity contribution in [1.29, 1.82) is 0 Å². The minimum atomic E-state index is 0.892. The largest absolute Gasteiger partial charge is 0.383 e. The topological polar surface area (TPSA) is 56.3 Å². The van der Waals surface area contributed by atoms with E-state index < -0.39 is 0 Å². The Labute approximate surface area is 174 Å². The minimum Gasteiger partial charge on any atom is -0.383 e. The average molecular weight is 395 g/mol. The summed E-state index contributed by atoms with van der Waals surface area (Å²) in [6.45, 7) is 9.99. The predicted octanol–water partition coefficient (Wildman–Crippen LogP) is 3.66. The molecule has 0 bridgehead atoms. The molecule has 2 N–H and O–H groups in total. The van der Waals surface area contributed by atoms with Crippen molar-refractivity contribution in [3.05, 3.63) is 35.2 Å². The van der Waals surface area contributed by atoms with Crippen molar-refractivity contribution in [3.63, 3.8) is 0 Å². The van der Waals surface area contributed by atoms with Crippen LogP contribution < -0.4 is 10.6 Å². The summed E-state index contributed by atoms with van der Waals surface area (Å²) in [5, 5.41) is 9.53. The molecule has 0 atom stereocenters. The van der Waals surface area contributed by atoms with Gasteiger partial charge >= 0.3 is 0 Å². The van der Waals surface area contributed by atoms with E-state index in [0.717, 1.165) is 76.3 Å². The molecule has 0 aliphatic heterocycles. The van der Waals surface area contributed by atoms with Crippen molar-refractivity contribution in [3.8, 4) is 0 Å². The van der Waals surface area contributed by atoms with Crippen LogP contribution in [0.1, 0.15) is 17.0 Å². The van der Waals surface area contributed by atoms with Crippen LogP contribution in [0.3, 0.4) is 0 Å². The Morgan fingerprint density at radius 2 is 1.10 bits per heavy atom. The van der Waals surface area contributed by atoms with E-state index in [-0.39, 0.29) is 0 Å². The first kappa shape index (κ1) is 21.3. The van der Waals surface area contributed by atoms with Gasteiger partial charge in [0.2, 0.25) is 0 Å². The standard InChI is InChI=1S/C23H34N6/c1-15-12-20(24-8-10-28(4)5)18-14-19-21(25-9-11-29(6)7)13-16(2)27-23(19)17(3)22(18)26-15/h12-14H,8-11H2,1-7H3,(H,24,26)(H,25,27). The van der Waals surface area contributed by atoms with Gasteiger partial charge in [-0.15, -0.1) is 0 Å². The molecule has 6 nitrogen and oxygen atoms in total. The lowest BCUT2D eigenvalue weighted by Crippen LogP contribution is -2.21. The molecule has 156 valence electrons. The number of likely N-dealkylation sites (N-methyl/N-ethyl adjacent to an activating group) is 2. The third-order valence-electron chi connectivity index (χ3n) is 5.12. The van der Waals surface area contributed by atoms with E-state index in [4.69, 9.17) is 9.97 Å². The van der Waals surface area contributed by atoms with Gasteiger partial charge in [0.25, 0.3) is 0 Å². The highest BCUT2D eigenvalue weighted by atomic mass is 15.1. The van der Waals surface area contributed by atoms with E-state index in [9.17, 15) is 0 Å². The number of nitrogens with zero attached hydrogens (tertiary/aromatic N) is 4. The summed E-state index contributed by atoms with van der Waals surface area (Å²) in [5.41, 5.74) is 7.51. The van der Waals surface area contributed by atoms with Crippen LogP contribution >= 0.6 is 0 Å². The predicted molar refractivity (Wildman–Crippen MR) is 125 cm³/mol. The van der Waals surface area contributed by atoms with E-state index in [2.05, 4.69) is 87.6 Å². The van der Waals surface area contributed by atoms with Crippen LogP contribution in [-0.2, 0) is 0 Å². The first-order valence-corrected chi connectivity index (χ1v) is 10.3. The maximum atomic E-state index is 4.86. The number of benzene rings is 1. The maximum Gasteiger partial charge on any atom is 0.0777 e. The number of fused-ring (bicyclic) bond motifs is 2. The van der Waals surface area contributed by atoms with E-state index in [1.165, 1.54) is 0 Å². The Morgan fingerprint density at radius 3 is 1.48 bits per heavy atom. The van der Waals surface area contributed by atoms with E-state index >= 15 is 0 Å². The van der Waals surface area contributed by atoms with Gasteiger partial charge in [-0.1, -0.05) is 0 Å². The van der Waals surface area contributed by atoms with Crippen LogP contribution in [-0.4, -0.2) is 74.1 Å². The molecule has 0 saturated heterocycles. The summed E-state index contributed by atoms with van der Waals surface area (Å²) >= 11 is 0. The minimum absolute atomic E-state index is 0.892. The number of hydrogen-bond donors (Lipinski definition) is 2. The number of aryl methyl sites for hydroxylation is 3. The second-order valence-corrected chi connectivity index (χ2v) is 8.38. The lowest BCUT2D eigenvalue weighted by molar-refractivity contribution is 0.425. The molecule has 0 aliphatic rings. The second kappa shape index (κ2) is 8.93. The summed E-state index contributed by atoms with van der Waals surface area (Å²) in [6, 6.07) is 6.53. The Morgan fingerprint density at radius 1 is 0.690 bits per heavy atom. The van der Waals surface area contributed by atoms with Gasteiger partial charge < -0.3 is 20.4 Å². The zero-order valence-corrected chi connectivity index (χ0v) is 18.8. The zero-order valence-electron chi connectivity index (χ0n) is 18.8. The molecule has 6 heteroatoms. The molecule has 3 aromatic rings. The molecular formula is C23H34N6. The number of rotatable bonds is 8. The van der Waals surface area contributed by atoms with Crippen LogP contribution in [0, 0.1) is 20.8 Å². The molecule has 2 aromatic heterocycles. The summed E-state index contributed by atoms with van der Waals surface area (Å²) in [4.78, 5) is 14.1. The van der Waals surface area contributed by atoms with Crippen molar-refractivity contribution >= 4 is 33.2 Å². The fraction of sp³-hybridized carbons (Fsp3) is 0.478. The van der Waals surface area contributed by atoms with Crippen LogP contribution in [0.4, 0.5) is 11.4 Å². The number of pyridine rings is 2. The number of nitrogens with one attached hydrogen (secondary N) is 2. The highest BCUT2D eigenvalue weighted by Crippen LogP contribution is 2.34. The van der Waals surface area contributed by atoms with Crippen molar-refractivity contribution in [2.24, 2.45) is 0 Å². The van der Waals surface area contributed by atoms with Crippen LogP contribution in [0.25, 0.3) is 21.8 Å². The van der Waals surface area contributed by atoms with Crippen molar-refractivity contribution in [2.75, 3.05) is 65.0 Å². The highest BCUT2D eigenvalue weighted by molar-refractivity contribution is 6.07. The smallest absolute Gasteiger partial charge is 0.0777 e. The first-order chi connectivity index (χ1) is 13.8. The molecule has 0 fully saturated rings. The first-order valence-electron chi connectivity index (χ1n) is 10.3. The fourth-order valence-electron chi connectivity index (χ4n) is 3.61. The van der Waals surface area contributed by atoms with Gasteiger partial charge in [0, 0.05) is 65.3 Å². The summed E-state index contributed by atoms with van der Waals surface area (Å²) < 4.78 is 0. The monoisotopic (exact) mass is 394 g/mol. The van der Waals surface area contributed by atoms with Gasteiger partial charge in [-0.3, -0.25) is 9.97 Å². The van der Waals surface area contributed by atoms with Crippen LogP contribution in [0.5, 0.6) is 0 Å². The Hall–Kier alpha value is -2.44. The Kier molecular flexibility index (Phi) is 6.55. The molecule has 0 radical (unpaired) electrons. The van der Waals surface area contributed by atoms with Crippen molar-refractivity contribution in [1.82, 2.24) is 19.8 Å². The highest BCUT2D eigenvalue weighted by Gasteiger charge is 2.14. The molecule has 0 amide bonds. The molecule has 2 heterocycles. The summed E-state index contributed by atoms with van der Waals surface area (Å²) in [6.07, 6.45) is 0. The van der Waals surface area contributed by atoms with Gasteiger partial charge in [0.1, 0.15) is 0 Å². The number of hydrogen-bond acceptors (Lipinski definition) is 6. The normalized spacial score (nSPS) is 11.8. The number of anilines is 2. The molecule has 0 spiro atoms. The van der Waals surface area contributed by atoms with E-state index in [1.54, 1.807) is 0 Å². The molecule has 0 unspecified atom stereocenters. The zero-order chi connectivity index (χ0) is 21.1. The lowest BCUT2D eigenvalue weighted by Gasteiger charge is -2.18. The maximum absolute atomic E-state index is 4.86. The Bertz CT molecular complexity index is 932. The van der Waals surface area contributed by atoms with Gasteiger partial charge in [0.15, 0.2) is 0 Å². The van der Waals surface area contributed by atoms with Crippen molar-refractivity contribution in [2.45, 2.75) is 20.8 Å². The third-order valence-corrected chi connectivity index (χ3v) is 5.12. The molecule has 1 aromatic carbocycles. The van der Waals surface area contributed by atoms with Crippen LogP contribution in [0.2, 0.25) is 0 Å². The molecule has 29 heavy (non-hydrogen) atoms. The van der Waals surface area contributed by atoms with Gasteiger partial charge in [-0.2, -0.15) is 0 Å². The molecule has 0 aliphatic carbocycles.